The summed E-state index contributed by atoms with van der Waals surface area (Å²) in [5.74, 6) is 0.299. The van der Waals surface area contributed by atoms with Crippen molar-refractivity contribution in [2.75, 3.05) is 13.1 Å². The summed E-state index contributed by atoms with van der Waals surface area (Å²) in [5, 5.41) is 11.6. The molecule has 1 amide bonds. The molecule has 0 spiro atoms. The van der Waals surface area contributed by atoms with E-state index in [0.717, 1.165) is 37.7 Å². The van der Waals surface area contributed by atoms with Crippen LogP contribution in [0, 0.1) is 5.92 Å². The van der Waals surface area contributed by atoms with E-state index in [1.807, 2.05) is 44.7 Å². The second-order valence-electron chi connectivity index (χ2n) is 9.69. The molecule has 1 N–H and O–H groups in total. The standard InChI is InChI=1S/C22H31Cl2NO3/c1-20(2,3)28-19(26)25-12-7-16(14-25)22(10-8-21(4,27)9-11-22)15-5-6-17(23)18(24)13-15/h5-6,13,16,27H,7-12,14H2,1-4H3/t16-,21-,22-/m0/s1. The number of aliphatic hydroxyl groups is 1. The maximum Gasteiger partial charge on any atom is 0.410 e. The van der Waals surface area contributed by atoms with Gasteiger partial charge in [0.2, 0.25) is 0 Å². The number of benzene rings is 1. The van der Waals surface area contributed by atoms with Gasteiger partial charge in [0.25, 0.3) is 0 Å². The van der Waals surface area contributed by atoms with Crippen molar-refractivity contribution in [1.82, 2.24) is 4.90 Å². The molecule has 28 heavy (non-hydrogen) atoms. The van der Waals surface area contributed by atoms with Gasteiger partial charge in [0.05, 0.1) is 15.6 Å². The number of likely N-dealkylation sites (tertiary alicyclic amines) is 1. The lowest BCUT2D eigenvalue weighted by Gasteiger charge is -2.47. The molecular weight excluding hydrogens is 397 g/mol. The summed E-state index contributed by atoms with van der Waals surface area (Å²) in [6, 6.07) is 5.89. The van der Waals surface area contributed by atoms with Crippen LogP contribution < -0.4 is 0 Å². The monoisotopic (exact) mass is 427 g/mol. The van der Waals surface area contributed by atoms with Crippen molar-refractivity contribution in [3.05, 3.63) is 33.8 Å². The van der Waals surface area contributed by atoms with Gasteiger partial charge < -0.3 is 14.7 Å². The van der Waals surface area contributed by atoms with Crippen LogP contribution in [-0.4, -0.2) is 40.4 Å². The molecule has 1 aliphatic heterocycles. The highest BCUT2D eigenvalue weighted by Crippen LogP contribution is 2.51. The Morgan fingerprint density at radius 1 is 1.18 bits per heavy atom. The number of nitrogens with zero attached hydrogens (tertiary/aromatic N) is 1. The summed E-state index contributed by atoms with van der Waals surface area (Å²) in [5.41, 5.74) is -0.0929. The quantitative estimate of drug-likeness (QED) is 0.647. The molecule has 3 rings (SSSR count). The third-order valence-electron chi connectivity index (χ3n) is 6.34. The van der Waals surface area contributed by atoms with Gasteiger partial charge in [-0.15, -0.1) is 0 Å². The van der Waals surface area contributed by atoms with Crippen LogP contribution in [-0.2, 0) is 10.2 Å². The van der Waals surface area contributed by atoms with Crippen LogP contribution in [0.3, 0.4) is 0 Å². The number of amides is 1. The zero-order chi connectivity index (χ0) is 20.7. The maximum absolute atomic E-state index is 12.6. The van der Waals surface area contributed by atoms with Crippen LogP contribution in [0.4, 0.5) is 4.79 Å². The summed E-state index contributed by atoms with van der Waals surface area (Å²) >= 11 is 12.5. The van der Waals surface area contributed by atoms with Crippen LogP contribution in [0.1, 0.15) is 65.4 Å². The van der Waals surface area contributed by atoms with Gasteiger partial charge in [-0.25, -0.2) is 4.79 Å². The Labute approximate surface area is 178 Å². The van der Waals surface area contributed by atoms with E-state index in [-0.39, 0.29) is 11.5 Å². The van der Waals surface area contributed by atoms with Crippen molar-refractivity contribution < 1.29 is 14.6 Å². The molecule has 1 aromatic carbocycles. The first-order valence-corrected chi connectivity index (χ1v) is 10.8. The van der Waals surface area contributed by atoms with Gasteiger partial charge in [0.15, 0.2) is 0 Å². The van der Waals surface area contributed by atoms with E-state index in [4.69, 9.17) is 27.9 Å². The minimum atomic E-state index is -0.636. The predicted molar refractivity (Wildman–Crippen MR) is 113 cm³/mol. The molecule has 0 radical (unpaired) electrons. The van der Waals surface area contributed by atoms with E-state index < -0.39 is 11.2 Å². The molecule has 2 aliphatic rings. The van der Waals surface area contributed by atoms with Crippen molar-refractivity contribution in [1.29, 1.82) is 0 Å². The highest BCUT2D eigenvalue weighted by atomic mass is 35.5. The zero-order valence-electron chi connectivity index (χ0n) is 17.2. The third kappa shape index (κ3) is 4.60. The maximum atomic E-state index is 12.6. The van der Waals surface area contributed by atoms with Gasteiger partial charge in [-0.2, -0.15) is 0 Å². The van der Waals surface area contributed by atoms with Crippen LogP contribution in [0.25, 0.3) is 0 Å². The lowest BCUT2D eigenvalue weighted by Crippen LogP contribution is -2.45. The Hall–Kier alpha value is -0.970. The van der Waals surface area contributed by atoms with Gasteiger partial charge in [0.1, 0.15) is 5.60 Å². The van der Waals surface area contributed by atoms with Crippen LogP contribution in [0.2, 0.25) is 10.0 Å². The summed E-state index contributed by atoms with van der Waals surface area (Å²) in [6.07, 6.45) is 3.87. The summed E-state index contributed by atoms with van der Waals surface area (Å²) in [4.78, 5) is 14.4. The van der Waals surface area contributed by atoms with Crippen molar-refractivity contribution in [2.45, 2.75) is 76.4 Å². The first kappa shape index (κ1) is 21.7. The fraction of sp³-hybridized carbons (Fsp3) is 0.682. The first-order chi connectivity index (χ1) is 12.9. The average Bonchev–Trinajstić information content (AvgIpc) is 3.07. The third-order valence-corrected chi connectivity index (χ3v) is 7.07. The van der Waals surface area contributed by atoms with E-state index in [2.05, 4.69) is 6.07 Å². The molecule has 1 aliphatic carbocycles. The largest absolute Gasteiger partial charge is 0.444 e. The number of hydrogen-bond acceptors (Lipinski definition) is 3. The van der Waals surface area contributed by atoms with Crippen molar-refractivity contribution in [2.24, 2.45) is 5.92 Å². The lowest BCUT2D eigenvalue weighted by atomic mass is 9.59. The summed E-state index contributed by atoms with van der Waals surface area (Å²) in [7, 11) is 0. The summed E-state index contributed by atoms with van der Waals surface area (Å²) in [6.45, 7) is 8.93. The van der Waals surface area contributed by atoms with Crippen molar-refractivity contribution >= 4 is 29.3 Å². The Bertz CT molecular complexity index is 732. The van der Waals surface area contributed by atoms with Crippen LogP contribution >= 0.6 is 23.2 Å². The molecule has 2 fully saturated rings. The molecule has 1 aromatic rings. The van der Waals surface area contributed by atoms with Crippen molar-refractivity contribution in [3.63, 3.8) is 0 Å². The smallest absolute Gasteiger partial charge is 0.410 e. The van der Waals surface area contributed by atoms with E-state index in [0.29, 0.717) is 29.1 Å². The fourth-order valence-electron chi connectivity index (χ4n) is 4.68. The number of halogens is 2. The Morgan fingerprint density at radius 3 is 2.39 bits per heavy atom. The van der Waals surface area contributed by atoms with E-state index in [1.165, 1.54) is 0 Å². The minimum Gasteiger partial charge on any atom is -0.444 e. The SMILES string of the molecule is CC(C)(C)OC(=O)N1CC[C@H]([C@]2(c3ccc(Cl)c(Cl)c3)CC[C@@](C)(O)CC2)C1. The Morgan fingerprint density at radius 2 is 1.82 bits per heavy atom. The molecule has 0 aromatic heterocycles. The Kier molecular flexibility index (Phi) is 5.97. The topological polar surface area (TPSA) is 49.8 Å². The van der Waals surface area contributed by atoms with Crippen LogP contribution in [0.15, 0.2) is 18.2 Å². The summed E-state index contributed by atoms with van der Waals surface area (Å²) < 4.78 is 5.57. The van der Waals surface area contributed by atoms with Gasteiger partial charge in [0, 0.05) is 18.5 Å². The van der Waals surface area contributed by atoms with E-state index in [9.17, 15) is 9.90 Å². The molecule has 1 saturated heterocycles. The second kappa shape index (κ2) is 7.70. The highest BCUT2D eigenvalue weighted by Gasteiger charge is 2.48. The van der Waals surface area contributed by atoms with Gasteiger partial charge in [-0.05, 0) is 83.4 Å². The highest BCUT2D eigenvalue weighted by molar-refractivity contribution is 6.42. The number of carbonyl (C=O) groups is 1. The molecule has 156 valence electrons. The normalized spacial score (nSPS) is 31.1. The van der Waals surface area contributed by atoms with Gasteiger partial charge in [-0.1, -0.05) is 29.3 Å². The zero-order valence-corrected chi connectivity index (χ0v) is 18.7. The number of hydrogen-bond donors (Lipinski definition) is 1. The Balaban J connectivity index is 1.86. The van der Waals surface area contributed by atoms with E-state index >= 15 is 0 Å². The molecule has 1 atom stereocenters. The minimum absolute atomic E-state index is 0.118. The molecule has 4 nitrogen and oxygen atoms in total. The van der Waals surface area contributed by atoms with Crippen LogP contribution in [0.5, 0.6) is 0 Å². The van der Waals surface area contributed by atoms with Gasteiger partial charge >= 0.3 is 6.09 Å². The molecule has 6 heteroatoms. The number of carbonyl (C=O) groups excluding carboxylic acids is 1. The second-order valence-corrected chi connectivity index (χ2v) is 10.5. The molecular formula is C22H31Cl2NO3. The lowest BCUT2D eigenvalue weighted by molar-refractivity contribution is -0.0125. The van der Waals surface area contributed by atoms with Gasteiger partial charge in [-0.3, -0.25) is 0 Å². The number of ether oxygens (including phenoxy) is 1. The molecule has 1 saturated carbocycles. The first-order valence-electron chi connectivity index (χ1n) is 10.1. The number of rotatable bonds is 2. The average molecular weight is 428 g/mol. The molecule has 0 bridgehead atoms. The van der Waals surface area contributed by atoms with E-state index in [1.54, 1.807) is 0 Å². The predicted octanol–water partition coefficient (Wildman–Crippen LogP) is 5.81. The molecule has 0 unspecified atom stereocenters. The fourth-order valence-corrected chi connectivity index (χ4v) is 4.97. The molecule has 1 heterocycles. The van der Waals surface area contributed by atoms with Crippen molar-refractivity contribution in [3.8, 4) is 0 Å².